The molecule has 94 valence electrons. The first-order chi connectivity index (χ1) is 8.31. The van der Waals surface area contributed by atoms with E-state index < -0.39 is 0 Å². The Morgan fingerprint density at radius 1 is 1.24 bits per heavy atom. The maximum atomic E-state index is 2.49. The second kappa shape index (κ2) is 6.20. The van der Waals surface area contributed by atoms with Gasteiger partial charge in [0.2, 0.25) is 0 Å². The number of benzene rings is 1. The van der Waals surface area contributed by atoms with Crippen LogP contribution in [0.4, 0.5) is 0 Å². The van der Waals surface area contributed by atoms with Gasteiger partial charge in [-0.05, 0) is 62.9 Å². The lowest BCUT2D eigenvalue weighted by Gasteiger charge is -2.19. The minimum absolute atomic E-state index is 0.815. The first-order valence-corrected chi connectivity index (χ1v) is 7.07. The second-order valence-electron chi connectivity index (χ2n) is 5.38. The highest BCUT2D eigenvalue weighted by Crippen LogP contribution is 2.35. The number of aryl methyl sites for hydroxylation is 1. The predicted molar refractivity (Wildman–Crippen MR) is 74.5 cm³/mol. The zero-order valence-corrected chi connectivity index (χ0v) is 11.3. The van der Waals surface area contributed by atoms with Gasteiger partial charge in [0.25, 0.3) is 0 Å². The van der Waals surface area contributed by atoms with Crippen molar-refractivity contribution < 1.29 is 0 Å². The van der Waals surface area contributed by atoms with Crippen molar-refractivity contribution in [2.24, 2.45) is 0 Å². The highest BCUT2D eigenvalue weighted by atomic mass is 15.1. The van der Waals surface area contributed by atoms with Gasteiger partial charge in [-0.25, -0.2) is 0 Å². The van der Waals surface area contributed by atoms with Crippen molar-refractivity contribution in [2.75, 3.05) is 20.1 Å². The standard InChI is InChI=1S/C16H25N/c1-3-4-12-17(2)13-11-15-10-9-14-7-5-6-8-16(14)15/h5-8,15H,3-4,9-13H2,1-2H3/t15-/m1/s1. The summed E-state index contributed by atoms with van der Waals surface area (Å²) in [7, 11) is 2.26. The van der Waals surface area contributed by atoms with Crippen molar-refractivity contribution in [1.29, 1.82) is 0 Å². The molecular weight excluding hydrogens is 206 g/mol. The molecular formula is C16H25N. The quantitative estimate of drug-likeness (QED) is 0.719. The van der Waals surface area contributed by atoms with Crippen LogP contribution in [0.2, 0.25) is 0 Å². The maximum Gasteiger partial charge on any atom is -0.00160 e. The smallest absolute Gasteiger partial charge is 0.00160 e. The van der Waals surface area contributed by atoms with E-state index in [-0.39, 0.29) is 0 Å². The fourth-order valence-electron chi connectivity index (χ4n) is 2.86. The normalized spacial score (nSPS) is 18.6. The van der Waals surface area contributed by atoms with Gasteiger partial charge >= 0.3 is 0 Å². The Kier molecular flexibility index (Phi) is 4.61. The molecule has 1 aliphatic rings. The van der Waals surface area contributed by atoms with E-state index in [2.05, 4.69) is 43.1 Å². The Hall–Kier alpha value is -0.820. The Balaban J connectivity index is 1.81. The van der Waals surface area contributed by atoms with Crippen molar-refractivity contribution in [1.82, 2.24) is 4.90 Å². The topological polar surface area (TPSA) is 3.24 Å². The molecule has 2 rings (SSSR count). The first kappa shape index (κ1) is 12.6. The zero-order valence-electron chi connectivity index (χ0n) is 11.3. The fraction of sp³-hybridized carbons (Fsp3) is 0.625. The number of hydrogen-bond acceptors (Lipinski definition) is 1. The Morgan fingerprint density at radius 3 is 2.88 bits per heavy atom. The molecule has 17 heavy (non-hydrogen) atoms. The molecule has 1 atom stereocenters. The van der Waals surface area contributed by atoms with Crippen LogP contribution in [0.15, 0.2) is 24.3 Å². The van der Waals surface area contributed by atoms with Crippen LogP contribution in [0.1, 0.15) is 49.7 Å². The summed E-state index contributed by atoms with van der Waals surface area (Å²) >= 11 is 0. The lowest BCUT2D eigenvalue weighted by atomic mass is 9.98. The number of fused-ring (bicyclic) bond motifs is 1. The third-order valence-electron chi connectivity index (χ3n) is 4.01. The SMILES string of the molecule is CCCCN(C)CC[C@H]1CCc2ccccc21. The van der Waals surface area contributed by atoms with E-state index in [9.17, 15) is 0 Å². The lowest BCUT2D eigenvalue weighted by molar-refractivity contribution is 0.312. The van der Waals surface area contributed by atoms with E-state index in [1.807, 2.05) is 0 Å². The van der Waals surface area contributed by atoms with Crippen LogP contribution in [-0.2, 0) is 6.42 Å². The van der Waals surface area contributed by atoms with Crippen LogP contribution in [-0.4, -0.2) is 25.0 Å². The van der Waals surface area contributed by atoms with Crippen molar-refractivity contribution in [3.8, 4) is 0 Å². The number of hydrogen-bond donors (Lipinski definition) is 0. The highest BCUT2D eigenvalue weighted by Gasteiger charge is 2.21. The van der Waals surface area contributed by atoms with E-state index in [0.29, 0.717) is 0 Å². The third-order valence-corrected chi connectivity index (χ3v) is 4.01. The highest BCUT2D eigenvalue weighted by molar-refractivity contribution is 5.34. The van der Waals surface area contributed by atoms with Crippen LogP contribution in [0.25, 0.3) is 0 Å². The van der Waals surface area contributed by atoms with Gasteiger partial charge in [0, 0.05) is 0 Å². The average Bonchev–Trinajstić information content (AvgIpc) is 2.77. The van der Waals surface area contributed by atoms with Crippen molar-refractivity contribution in [3.05, 3.63) is 35.4 Å². The molecule has 0 spiro atoms. The van der Waals surface area contributed by atoms with E-state index in [0.717, 1.165) is 5.92 Å². The van der Waals surface area contributed by atoms with Crippen molar-refractivity contribution in [2.45, 2.75) is 44.9 Å². The summed E-state index contributed by atoms with van der Waals surface area (Å²) in [5, 5.41) is 0. The molecule has 0 saturated carbocycles. The Bertz CT molecular complexity index is 345. The van der Waals surface area contributed by atoms with Gasteiger partial charge in [-0.2, -0.15) is 0 Å². The van der Waals surface area contributed by atoms with E-state index >= 15 is 0 Å². The summed E-state index contributed by atoms with van der Waals surface area (Å²) in [6.45, 7) is 4.77. The number of rotatable bonds is 6. The number of unbranched alkanes of at least 4 members (excludes halogenated alkanes) is 1. The summed E-state index contributed by atoms with van der Waals surface area (Å²) in [5.41, 5.74) is 3.21. The molecule has 0 bridgehead atoms. The van der Waals surface area contributed by atoms with Gasteiger partial charge in [0.05, 0.1) is 0 Å². The molecule has 1 heteroatoms. The van der Waals surface area contributed by atoms with E-state index in [1.165, 1.54) is 45.2 Å². The van der Waals surface area contributed by atoms with Gasteiger partial charge < -0.3 is 4.90 Å². The molecule has 0 unspecified atom stereocenters. The lowest BCUT2D eigenvalue weighted by Crippen LogP contribution is -2.22. The first-order valence-electron chi connectivity index (χ1n) is 7.07. The molecule has 1 aromatic rings. The molecule has 0 N–H and O–H groups in total. The average molecular weight is 231 g/mol. The van der Waals surface area contributed by atoms with Crippen LogP contribution in [0, 0.1) is 0 Å². The van der Waals surface area contributed by atoms with Gasteiger partial charge in [-0.15, -0.1) is 0 Å². The van der Waals surface area contributed by atoms with Crippen molar-refractivity contribution >= 4 is 0 Å². The Morgan fingerprint density at radius 2 is 2.06 bits per heavy atom. The summed E-state index contributed by atoms with van der Waals surface area (Å²) < 4.78 is 0. The number of nitrogens with zero attached hydrogens (tertiary/aromatic N) is 1. The minimum Gasteiger partial charge on any atom is -0.306 e. The Labute approximate surface area is 106 Å². The van der Waals surface area contributed by atoms with Gasteiger partial charge in [-0.3, -0.25) is 0 Å². The largest absolute Gasteiger partial charge is 0.306 e. The third kappa shape index (κ3) is 3.32. The second-order valence-corrected chi connectivity index (χ2v) is 5.38. The van der Waals surface area contributed by atoms with E-state index in [4.69, 9.17) is 0 Å². The van der Waals surface area contributed by atoms with Crippen LogP contribution in [0.3, 0.4) is 0 Å². The predicted octanol–water partition coefficient (Wildman–Crippen LogP) is 3.84. The van der Waals surface area contributed by atoms with Crippen molar-refractivity contribution in [3.63, 3.8) is 0 Å². The van der Waals surface area contributed by atoms with Crippen LogP contribution < -0.4 is 0 Å². The summed E-state index contributed by atoms with van der Waals surface area (Å²) in [5.74, 6) is 0.815. The van der Waals surface area contributed by atoms with Crippen LogP contribution in [0.5, 0.6) is 0 Å². The zero-order chi connectivity index (χ0) is 12.1. The van der Waals surface area contributed by atoms with E-state index in [1.54, 1.807) is 11.1 Å². The molecule has 0 aromatic heterocycles. The molecule has 0 radical (unpaired) electrons. The minimum atomic E-state index is 0.815. The summed E-state index contributed by atoms with van der Waals surface area (Å²) in [4.78, 5) is 2.49. The molecule has 1 nitrogen and oxygen atoms in total. The molecule has 1 aromatic carbocycles. The molecule has 1 aliphatic carbocycles. The van der Waals surface area contributed by atoms with Gasteiger partial charge in [-0.1, -0.05) is 37.6 Å². The monoisotopic (exact) mass is 231 g/mol. The summed E-state index contributed by atoms with van der Waals surface area (Å²) in [6.07, 6.45) is 6.62. The molecule has 0 fully saturated rings. The van der Waals surface area contributed by atoms with Gasteiger partial charge in [0.1, 0.15) is 0 Å². The van der Waals surface area contributed by atoms with Gasteiger partial charge in [0.15, 0.2) is 0 Å². The molecule has 0 saturated heterocycles. The molecule has 0 heterocycles. The maximum absolute atomic E-state index is 2.49. The summed E-state index contributed by atoms with van der Waals surface area (Å²) in [6, 6.07) is 9.00. The molecule has 0 amide bonds. The fourth-order valence-corrected chi connectivity index (χ4v) is 2.86. The molecule has 0 aliphatic heterocycles. The van der Waals surface area contributed by atoms with Crippen LogP contribution >= 0.6 is 0 Å².